The van der Waals surface area contributed by atoms with Crippen LogP contribution in [0.1, 0.15) is 41.7 Å². The lowest BCUT2D eigenvalue weighted by molar-refractivity contribution is -0.122. The highest BCUT2D eigenvalue weighted by molar-refractivity contribution is 7.03. The van der Waals surface area contributed by atoms with Crippen molar-refractivity contribution in [2.75, 3.05) is 6.54 Å². The molecule has 1 aromatic heterocycles. The number of amides is 2. The standard InChI is InChI=1S/C17H20N4O2S/c22-16(18-14-8-4-5-9-14)11-21(10-13-6-2-1-3-7-13)17(23)15-12-24-20-19-15/h1-3,6-7,12,14H,4-5,8-11H2,(H,18,22). The second kappa shape index (κ2) is 8.01. The molecule has 0 aliphatic heterocycles. The van der Waals surface area contributed by atoms with Gasteiger partial charge in [-0.15, -0.1) is 5.10 Å². The zero-order valence-electron chi connectivity index (χ0n) is 13.4. The first-order chi connectivity index (χ1) is 11.7. The molecule has 1 N–H and O–H groups in total. The molecular formula is C17H20N4O2S. The minimum absolute atomic E-state index is 0.0295. The smallest absolute Gasteiger partial charge is 0.276 e. The van der Waals surface area contributed by atoms with E-state index in [2.05, 4.69) is 14.9 Å². The Hall–Kier alpha value is -2.28. The van der Waals surface area contributed by atoms with Gasteiger partial charge in [-0.25, -0.2) is 0 Å². The van der Waals surface area contributed by atoms with Gasteiger partial charge < -0.3 is 10.2 Å². The summed E-state index contributed by atoms with van der Waals surface area (Å²) in [4.78, 5) is 26.5. The molecule has 0 saturated heterocycles. The van der Waals surface area contributed by atoms with Crippen molar-refractivity contribution in [3.63, 3.8) is 0 Å². The monoisotopic (exact) mass is 344 g/mol. The Morgan fingerprint density at radius 2 is 1.96 bits per heavy atom. The highest BCUT2D eigenvalue weighted by atomic mass is 32.1. The maximum Gasteiger partial charge on any atom is 0.276 e. The third-order valence-electron chi connectivity index (χ3n) is 4.14. The Morgan fingerprint density at radius 1 is 1.21 bits per heavy atom. The zero-order chi connectivity index (χ0) is 16.8. The molecule has 7 heteroatoms. The van der Waals surface area contributed by atoms with Crippen molar-refractivity contribution in [3.05, 3.63) is 47.0 Å². The molecule has 1 aromatic carbocycles. The van der Waals surface area contributed by atoms with Crippen LogP contribution in [0.3, 0.4) is 0 Å². The first-order valence-corrected chi connectivity index (χ1v) is 8.95. The number of nitrogens with zero attached hydrogens (tertiary/aromatic N) is 3. The fourth-order valence-electron chi connectivity index (χ4n) is 2.94. The van der Waals surface area contributed by atoms with Crippen molar-refractivity contribution in [1.82, 2.24) is 19.8 Å². The van der Waals surface area contributed by atoms with Crippen LogP contribution in [-0.2, 0) is 11.3 Å². The number of carbonyl (C=O) groups is 2. The first kappa shape index (κ1) is 16.6. The van der Waals surface area contributed by atoms with E-state index in [1.165, 1.54) is 4.90 Å². The summed E-state index contributed by atoms with van der Waals surface area (Å²) in [5, 5.41) is 8.47. The fourth-order valence-corrected chi connectivity index (χ4v) is 3.37. The van der Waals surface area contributed by atoms with Gasteiger partial charge >= 0.3 is 0 Å². The van der Waals surface area contributed by atoms with Crippen LogP contribution in [0.5, 0.6) is 0 Å². The van der Waals surface area contributed by atoms with Crippen LogP contribution >= 0.6 is 11.5 Å². The van der Waals surface area contributed by atoms with Gasteiger partial charge in [-0.05, 0) is 29.9 Å². The maximum absolute atomic E-state index is 12.6. The van der Waals surface area contributed by atoms with Gasteiger partial charge in [0.15, 0.2) is 5.69 Å². The summed E-state index contributed by atoms with van der Waals surface area (Å²) in [6.07, 6.45) is 4.35. The van der Waals surface area contributed by atoms with E-state index in [0.29, 0.717) is 6.54 Å². The van der Waals surface area contributed by atoms with Crippen LogP contribution in [-0.4, -0.2) is 38.9 Å². The number of rotatable bonds is 6. The Bertz CT molecular complexity index is 669. The van der Waals surface area contributed by atoms with Gasteiger partial charge in [0.05, 0.1) is 0 Å². The summed E-state index contributed by atoms with van der Waals surface area (Å²) >= 11 is 1.13. The van der Waals surface area contributed by atoms with Crippen molar-refractivity contribution in [2.24, 2.45) is 0 Å². The van der Waals surface area contributed by atoms with Crippen molar-refractivity contribution >= 4 is 23.3 Å². The number of hydrogen-bond acceptors (Lipinski definition) is 5. The lowest BCUT2D eigenvalue weighted by Gasteiger charge is -2.22. The van der Waals surface area contributed by atoms with Crippen LogP contribution in [0.15, 0.2) is 35.7 Å². The van der Waals surface area contributed by atoms with E-state index in [1.54, 1.807) is 5.38 Å². The molecular weight excluding hydrogens is 324 g/mol. The van der Waals surface area contributed by atoms with Gasteiger partial charge in [0.1, 0.15) is 6.54 Å². The molecule has 1 fully saturated rings. The minimum Gasteiger partial charge on any atom is -0.352 e. The van der Waals surface area contributed by atoms with E-state index >= 15 is 0 Å². The Kier molecular flexibility index (Phi) is 5.53. The van der Waals surface area contributed by atoms with Crippen molar-refractivity contribution in [2.45, 2.75) is 38.3 Å². The highest BCUT2D eigenvalue weighted by Crippen LogP contribution is 2.17. The SMILES string of the molecule is O=C(CN(Cc1ccccc1)C(=O)c1csnn1)NC1CCCC1. The van der Waals surface area contributed by atoms with Gasteiger partial charge in [-0.3, -0.25) is 9.59 Å². The molecule has 1 aliphatic carbocycles. The lowest BCUT2D eigenvalue weighted by atomic mass is 10.2. The Balaban J connectivity index is 1.68. The van der Waals surface area contributed by atoms with Crippen LogP contribution in [0.25, 0.3) is 0 Å². The molecule has 0 spiro atoms. The summed E-state index contributed by atoms with van der Waals surface area (Å²) < 4.78 is 3.74. The summed E-state index contributed by atoms with van der Waals surface area (Å²) in [6, 6.07) is 9.88. The molecule has 6 nitrogen and oxygen atoms in total. The Labute approximate surface area is 145 Å². The van der Waals surface area contributed by atoms with Gasteiger partial charge in [0.2, 0.25) is 5.91 Å². The third-order valence-corrected chi connectivity index (χ3v) is 4.64. The normalized spacial score (nSPS) is 14.5. The van der Waals surface area contributed by atoms with Crippen molar-refractivity contribution < 1.29 is 9.59 Å². The second-order valence-electron chi connectivity index (χ2n) is 5.99. The average molecular weight is 344 g/mol. The van der Waals surface area contributed by atoms with E-state index in [9.17, 15) is 9.59 Å². The highest BCUT2D eigenvalue weighted by Gasteiger charge is 2.23. The van der Waals surface area contributed by atoms with E-state index in [1.807, 2.05) is 30.3 Å². The molecule has 0 atom stereocenters. The largest absolute Gasteiger partial charge is 0.352 e. The van der Waals surface area contributed by atoms with Crippen LogP contribution in [0.2, 0.25) is 0 Å². The van der Waals surface area contributed by atoms with Gasteiger partial charge in [-0.1, -0.05) is 47.7 Å². The van der Waals surface area contributed by atoms with E-state index in [4.69, 9.17) is 0 Å². The van der Waals surface area contributed by atoms with Crippen molar-refractivity contribution in [1.29, 1.82) is 0 Å². The topological polar surface area (TPSA) is 75.2 Å². The molecule has 2 aromatic rings. The van der Waals surface area contributed by atoms with Crippen LogP contribution in [0.4, 0.5) is 0 Å². The molecule has 24 heavy (non-hydrogen) atoms. The number of aromatic nitrogens is 2. The van der Waals surface area contributed by atoms with E-state index < -0.39 is 0 Å². The predicted octanol–water partition coefficient (Wildman–Crippen LogP) is 2.24. The second-order valence-corrected chi connectivity index (χ2v) is 6.60. The molecule has 0 radical (unpaired) electrons. The average Bonchev–Trinajstić information content (AvgIpc) is 3.28. The van der Waals surface area contributed by atoms with Gasteiger partial charge in [-0.2, -0.15) is 0 Å². The molecule has 1 saturated carbocycles. The van der Waals surface area contributed by atoms with Crippen molar-refractivity contribution in [3.8, 4) is 0 Å². The van der Waals surface area contributed by atoms with Gasteiger partial charge in [0, 0.05) is 18.0 Å². The lowest BCUT2D eigenvalue weighted by Crippen LogP contribution is -2.43. The quantitative estimate of drug-likeness (QED) is 0.872. The number of benzene rings is 1. The molecule has 0 bridgehead atoms. The molecule has 3 rings (SSSR count). The third kappa shape index (κ3) is 4.38. The zero-order valence-corrected chi connectivity index (χ0v) is 14.2. The summed E-state index contributed by atoms with van der Waals surface area (Å²) in [5.41, 5.74) is 1.26. The summed E-state index contributed by atoms with van der Waals surface area (Å²) in [7, 11) is 0. The van der Waals surface area contributed by atoms with Gasteiger partial charge in [0.25, 0.3) is 5.91 Å². The first-order valence-electron chi connectivity index (χ1n) is 8.12. The predicted molar refractivity (Wildman–Crippen MR) is 91.5 cm³/mol. The molecule has 0 unspecified atom stereocenters. The summed E-state index contributed by atoms with van der Waals surface area (Å²) in [6.45, 7) is 0.400. The van der Waals surface area contributed by atoms with Crippen LogP contribution in [0, 0.1) is 0 Å². The van der Waals surface area contributed by atoms with E-state index in [-0.39, 0.29) is 30.1 Å². The molecule has 126 valence electrons. The molecule has 1 aliphatic rings. The maximum atomic E-state index is 12.6. The van der Waals surface area contributed by atoms with Crippen LogP contribution < -0.4 is 5.32 Å². The number of nitrogens with one attached hydrogen (secondary N) is 1. The number of carbonyl (C=O) groups excluding carboxylic acids is 2. The van der Waals surface area contributed by atoms with E-state index in [0.717, 1.165) is 42.8 Å². The number of hydrogen-bond donors (Lipinski definition) is 1. The summed E-state index contributed by atoms with van der Waals surface area (Å²) in [5.74, 6) is -0.386. The molecule has 2 amide bonds. The Morgan fingerprint density at radius 3 is 2.62 bits per heavy atom. The fraction of sp³-hybridized carbons (Fsp3) is 0.412. The minimum atomic E-state index is -0.269. The molecule has 1 heterocycles.